The summed E-state index contributed by atoms with van der Waals surface area (Å²) in [4.78, 5) is 2.60. The first kappa shape index (κ1) is 8.55. The molecular weight excluding hydrogens is 146 g/mol. The molecule has 0 aromatic rings. The fourth-order valence-corrected chi connectivity index (χ4v) is 3.01. The Kier molecular flexibility index (Phi) is 2.69. The lowest BCUT2D eigenvalue weighted by Gasteiger charge is -2.43. The first-order valence-corrected chi connectivity index (χ1v) is 5.45. The Morgan fingerprint density at radius 3 is 2.67 bits per heavy atom. The Labute approximate surface area is 76.1 Å². The van der Waals surface area contributed by atoms with Crippen molar-refractivity contribution in [3.05, 3.63) is 6.92 Å². The predicted octanol–water partition coefficient (Wildman–Crippen LogP) is 2.48. The molecule has 0 aromatic carbocycles. The van der Waals surface area contributed by atoms with E-state index in [1.807, 2.05) is 0 Å². The molecule has 0 spiro atoms. The van der Waals surface area contributed by atoms with Gasteiger partial charge < -0.3 is 4.90 Å². The third kappa shape index (κ3) is 1.52. The fraction of sp³-hybridized carbons (Fsp3) is 0.909. The standard InChI is InChI=1S/C11H20N/c1-2-12-9-5-7-10-6-3-4-8-11(10)12/h10-11H,1-9H2. The van der Waals surface area contributed by atoms with Gasteiger partial charge in [0.05, 0.1) is 0 Å². The zero-order valence-electron chi connectivity index (χ0n) is 7.97. The molecule has 0 bridgehead atoms. The van der Waals surface area contributed by atoms with Crippen molar-refractivity contribution in [1.82, 2.24) is 4.90 Å². The molecule has 2 unspecified atom stereocenters. The minimum Gasteiger partial charge on any atom is -0.300 e. The van der Waals surface area contributed by atoms with E-state index in [9.17, 15) is 0 Å². The molecule has 2 fully saturated rings. The molecule has 1 aliphatic carbocycles. The van der Waals surface area contributed by atoms with Crippen molar-refractivity contribution in [2.75, 3.05) is 13.1 Å². The van der Waals surface area contributed by atoms with Crippen molar-refractivity contribution in [3.63, 3.8) is 0 Å². The van der Waals surface area contributed by atoms with Crippen molar-refractivity contribution in [1.29, 1.82) is 0 Å². The number of hydrogen-bond acceptors (Lipinski definition) is 1. The van der Waals surface area contributed by atoms with Gasteiger partial charge in [-0.05, 0) is 51.6 Å². The second-order valence-electron chi connectivity index (χ2n) is 4.29. The summed E-state index contributed by atoms with van der Waals surface area (Å²) in [6, 6.07) is 0.907. The van der Waals surface area contributed by atoms with Crippen LogP contribution in [-0.2, 0) is 0 Å². The first-order valence-electron chi connectivity index (χ1n) is 5.45. The molecule has 1 nitrogen and oxygen atoms in total. The van der Waals surface area contributed by atoms with Crippen LogP contribution in [0, 0.1) is 12.8 Å². The molecule has 0 amide bonds. The summed E-state index contributed by atoms with van der Waals surface area (Å²) in [7, 11) is 0. The number of nitrogens with zero attached hydrogens (tertiary/aromatic N) is 1. The topological polar surface area (TPSA) is 3.24 Å². The second-order valence-corrected chi connectivity index (χ2v) is 4.29. The van der Waals surface area contributed by atoms with Crippen LogP contribution in [0.2, 0.25) is 0 Å². The van der Waals surface area contributed by atoms with Gasteiger partial charge in [-0.2, -0.15) is 0 Å². The van der Waals surface area contributed by atoms with Gasteiger partial charge in [-0.1, -0.05) is 12.8 Å². The van der Waals surface area contributed by atoms with Crippen LogP contribution in [0.15, 0.2) is 0 Å². The van der Waals surface area contributed by atoms with Gasteiger partial charge in [0.1, 0.15) is 0 Å². The van der Waals surface area contributed by atoms with Gasteiger partial charge in [-0.3, -0.25) is 0 Å². The van der Waals surface area contributed by atoms with Crippen LogP contribution >= 0.6 is 0 Å². The lowest BCUT2D eigenvalue weighted by atomic mass is 9.78. The maximum Gasteiger partial charge on any atom is 0.0123 e. The van der Waals surface area contributed by atoms with Crippen molar-refractivity contribution >= 4 is 0 Å². The number of fused-ring (bicyclic) bond motifs is 1. The average Bonchev–Trinajstić information content (AvgIpc) is 2.17. The summed E-state index contributed by atoms with van der Waals surface area (Å²) in [5, 5.41) is 0. The van der Waals surface area contributed by atoms with Crippen LogP contribution in [0.1, 0.15) is 38.5 Å². The van der Waals surface area contributed by atoms with Crippen LogP contribution in [0.3, 0.4) is 0 Å². The average molecular weight is 166 g/mol. The third-order valence-electron chi connectivity index (χ3n) is 3.65. The minimum atomic E-state index is 0.907. The van der Waals surface area contributed by atoms with Crippen LogP contribution in [0.4, 0.5) is 0 Å². The summed E-state index contributed by atoms with van der Waals surface area (Å²) in [6.07, 6.45) is 8.77. The molecule has 1 heteroatoms. The van der Waals surface area contributed by atoms with Gasteiger partial charge in [-0.15, -0.1) is 0 Å². The van der Waals surface area contributed by atoms with E-state index >= 15 is 0 Å². The number of rotatable bonds is 1. The van der Waals surface area contributed by atoms with E-state index in [1.54, 1.807) is 0 Å². The molecule has 1 aliphatic heterocycles. The molecule has 1 heterocycles. The molecule has 2 aliphatic rings. The van der Waals surface area contributed by atoms with Crippen LogP contribution < -0.4 is 0 Å². The Morgan fingerprint density at radius 2 is 1.83 bits per heavy atom. The van der Waals surface area contributed by atoms with E-state index in [0.717, 1.165) is 18.5 Å². The third-order valence-corrected chi connectivity index (χ3v) is 3.65. The maximum absolute atomic E-state index is 4.03. The quantitative estimate of drug-likeness (QED) is 0.578. The highest BCUT2D eigenvalue weighted by Crippen LogP contribution is 2.34. The van der Waals surface area contributed by atoms with Crippen LogP contribution in [-0.4, -0.2) is 24.0 Å². The van der Waals surface area contributed by atoms with Gasteiger partial charge in [0.25, 0.3) is 0 Å². The fourth-order valence-electron chi connectivity index (χ4n) is 3.01. The minimum absolute atomic E-state index is 0.907. The number of piperidine rings is 1. The molecule has 2 rings (SSSR count). The predicted molar refractivity (Wildman–Crippen MR) is 51.9 cm³/mol. The lowest BCUT2D eigenvalue weighted by Crippen LogP contribution is -2.46. The van der Waals surface area contributed by atoms with Crippen molar-refractivity contribution in [3.8, 4) is 0 Å². The van der Waals surface area contributed by atoms with E-state index in [2.05, 4.69) is 11.8 Å². The molecule has 2 atom stereocenters. The second kappa shape index (κ2) is 3.78. The van der Waals surface area contributed by atoms with Crippen molar-refractivity contribution in [2.45, 2.75) is 44.6 Å². The summed E-state index contributed by atoms with van der Waals surface area (Å²) in [6.45, 7) is 6.37. The van der Waals surface area contributed by atoms with Gasteiger partial charge in [0.2, 0.25) is 0 Å². The zero-order chi connectivity index (χ0) is 8.39. The van der Waals surface area contributed by atoms with Gasteiger partial charge in [0, 0.05) is 6.04 Å². The van der Waals surface area contributed by atoms with E-state index in [-0.39, 0.29) is 0 Å². The van der Waals surface area contributed by atoms with Crippen LogP contribution in [0.5, 0.6) is 0 Å². The number of likely N-dealkylation sites (tertiary alicyclic amines) is 1. The van der Waals surface area contributed by atoms with E-state index in [1.165, 1.54) is 45.1 Å². The van der Waals surface area contributed by atoms with E-state index < -0.39 is 0 Å². The lowest BCUT2D eigenvalue weighted by molar-refractivity contribution is 0.0706. The smallest absolute Gasteiger partial charge is 0.0123 e. The van der Waals surface area contributed by atoms with E-state index in [4.69, 9.17) is 0 Å². The highest BCUT2D eigenvalue weighted by molar-refractivity contribution is 4.87. The Morgan fingerprint density at radius 1 is 1.08 bits per heavy atom. The molecule has 1 radical (unpaired) electrons. The van der Waals surface area contributed by atoms with Gasteiger partial charge in [-0.25, -0.2) is 0 Å². The summed E-state index contributed by atoms with van der Waals surface area (Å²) < 4.78 is 0. The normalized spacial score (nSPS) is 37.8. The molecular formula is C11H20N. The Balaban J connectivity index is 1.99. The SMILES string of the molecule is [CH2]CN1CCCC2CCCCC21. The monoisotopic (exact) mass is 166 g/mol. The van der Waals surface area contributed by atoms with Gasteiger partial charge in [0.15, 0.2) is 0 Å². The maximum atomic E-state index is 4.03. The molecule has 0 aromatic heterocycles. The highest BCUT2D eigenvalue weighted by Gasteiger charge is 2.31. The van der Waals surface area contributed by atoms with E-state index in [0.29, 0.717) is 0 Å². The molecule has 69 valence electrons. The highest BCUT2D eigenvalue weighted by atomic mass is 15.2. The summed E-state index contributed by atoms with van der Waals surface area (Å²) in [5.74, 6) is 1.02. The van der Waals surface area contributed by atoms with Crippen molar-refractivity contribution < 1.29 is 0 Å². The van der Waals surface area contributed by atoms with Crippen LogP contribution in [0.25, 0.3) is 0 Å². The Hall–Kier alpha value is -0.0400. The Bertz CT molecular complexity index is 135. The molecule has 12 heavy (non-hydrogen) atoms. The molecule has 0 N–H and O–H groups in total. The zero-order valence-corrected chi connectivity index (χ0v) is 7.97. The van der Waals surface area contributed by atoms with Crippen molar-refractivity contribution in [2.24, 2.45) is 5.92 Å². The summed E-state index contributed by atoms with van der Waals surface area (Å²) in [5.41, 5.74) is 0. The summed E-state index contributed by atoms with van der Waals surface area (Å²) >= 11 is 0. The van der Waals surface area contributed by atoms with Gasteiger partial charge >= 0.3 is 0 Å². The number of hydrogen-bond donors (Lipinski definition) is 0. The first-order chi connectivity index (χ1) is 5.92. The molecule has 1 saturated carbocycles. The largest absolute Gasteiger partial charge is 0.300 e. The molecule has 1 saturated heterocycles.